The van der Waals surface area contributed by atoms with E-state index in [1.165, 1.54) is 0 Å². The summed E-state index contributed by atoms with van der Waals surface area (Å²) in [6.07, 6.45) is 1.80. The highest BCUT2D eigenvalue weighted by Crippen LogP contribution is 2.21. The van der Waals surface area contributed by atoms with Crippen molar-refractivity contribution in [2.24, 2.45) is 12.8 Å². The minimum Gasteiger partial charge on any atom is -0.325 e. The van der Waals surface area contributed by atoms with Gasteiger partial charge in [0, 0.05) is 19.8 Å². The number of nitrogens with two attached hydrogens (primary N) is 1. The molecule has 0 amide bonds. The molecule has 0 bridgehead atoms. The van der Waals surface area contributed by atoms with Crippen LogP contribution in [0.15, 0.2) is 6.20 Å². The van der Waals surface area contributed by atoms with Gasteiger partial charge in [-0.2, -0.15) is 5.10 Å². The largest absolute Gasteiger partial charge is 0.325 e. The Kier molecular flexibility index (Phi) is 3.22. The van der Waals surface area contributed by atoms with Gasteiger partial charge in [0.25, 0.3) is 0 Å². The number of halogens is 1. The second-order valence-electron chi connectivity index (χ2n) is 4.06. The zero-order valence-electron chi connectivity index (χ0n) is 10.2. The summed E-state index contributed by atoms with van der Waals surface area (Å²) in [4.78, 5) is 4.26. The van der Waals surface area contributed by atoms with Crippen LogP contribution in [0.25, 0.3) is 0 Å². The van der Waals surface area contributed by atoms with Crippen molar-refractivity contribution in [3.63, 3.8) is 0 Å². The monoisotopic (exact) mass is 253 g/mol. The lowest BCUT2D eigenvalue weighted by atomic mass is 10.3. The molecule has 17 heavy (non-hydrogen) atoms. The van der Waals surface area contributed by atoms with Gasteiger partial charge in [0.1, 0.15) is 5.82 Å². The summed E-state index contributed by atoms with van der Waals surface area (Å²) in [6, 6.07) is 0. The molecule has 2 aromatic rings. The summed E-state index contributed by atoms with van der Waals surface area (Å²) >= 11 is 6.23. The van der Waals surface area contributed by atoms with E-state index in [1.54, 1.807) is 10.9 Å². The second-order valence-corrected chi connectivity index (χ2v) is 4.43. The SMILES string of the molecule is Cc1nn(C)c(Cn2c(CN)cnc2C)c1Cl. The van der Waals surface area contributed by atoms with Crippen LogP contribution in [0, 0.1) is 13.8 Å². The third kappa shape index (κ3) is 2.08. The van der Waals surface area contributed by atoms with Crippen LogP contribution in [0.5, 0.6) is 0 Å². The molecule has 2 aromatic heterocycles. The maximum atomic E-state index is 6.23. The Labute approximate surface area is 105 Å². The fourth-order valence-electron chi connectivity index (χ4n) is 1.90. The first-order valence-electron chi connectivity index (χ1n) is 5.43. The molecule has 0 atom stereocenters. The van der Waals surface area contributed by atoms with Crippen molar-refractivity contribution in [2.75, 3.05) is 0 Å². The zero-order valence-corrected chi connectivity index (χ0v) is 11.0. The van der Waals surface area contributed by atoms with Gasteiger partial charge in [-0.3, -0.25) is 4.68 Å². The van der Waals surface area contributed by atoms with Gasteiger partial charge < -0.3 is 10.3 Å². The van der Waals surface area contributed by atoms with Crippen LogP contribution in [0.4, 0.5) is 0 Å². The Bertz CT molecular complexity index is 540. The Morgan fingerprint density at radius 3 is 2.65 bits per heavy atom. The molecule has 2 N–H and O–H groups in total. The molecule has 0 unspecified atom stereocenters. The molecular formula is C11H16ClN5. The average Bonchev–Trinajstić information content (AvgIpc) is 2.75. The highest BCUT2D eigenvalue weighted by Gasteiger charge is 2.14. The molecule has 2 heterocycles. The Morgan fingerprint density at radius 1 is 1.41 bits per heavy atom. The molecule has 0 saturated carbocycles. The van der Waals surface area contributed by atoms with E-state index in [2.05, 4.69) is 14.6 Å². The topological polar surface area (TPSA) is 61.7 Å². The number of hydrogen-bond acceptors (Lipinski definition) is 3. The van der Waals surface area contributed by atoms with Crippen molar-refractivity contribution < 1.29 is 0 Å². The number of aryl methyl sites for hydroxylation is 3. The van der Waals surface area contributed by atoms with E-state index >= 15 is 0 Å². The molecule has 2 rings (SSSR count). The van der Waals surface area contributed by atoms with Gasteiger partial charge in [-0.1, -0.05) is 11.6 Å². The number of hydrogen-bond donors (Lipinski definition) is 1. The van der Waals surface area contributed by atoms with Crippen LogP contribution in [0.3, 0.4) is 0 Å². The standard InChI is InChI=1S/C11H16ClN5/c1-7-11(12)10(16(3)15-7)6-17-8(2)14-5-9(17)4-13/h5H,4,6,13H2,1-3H3. The van der Waals surface area contributed by atoms with E-state index < -0.39 is 0 Å². The van der Waals surface area contributed by atoms with Crippen molar-refractivity contribution in [2.45, 2.75) is 26.9 Å². The third-order valence-electron chi connectivity index (χ3n) is 2.92. The summed E-state index contributed by atoms with van der Waals surface area (Å²) in [7, 11) is 1.89. The molecule has 0 aliphatic heterocycles. The molecule has 0 saturated heterocycles. The maximum absolute atomic E-state index is 6.23. The van der Waals surface area contributed by atoms with Crippen molar-refractivity contribution >= 4 is 11.6 Å². The van der Waals surface area contributed by atoms with Gasteiger partial charge >= 0.3 is 0 Å². The Hall–Kier alpha value is -1.33. The third-order valence-corrected chi connectivity index (χ3v) is 3.41. The van der Waals surface area contributed by atoms with E-state index in [-0.39, 0.29) is 0 Å². The summed E-state index contributed by atoms with van der Waals surface area (Å²) < 4.78 is 3.86. The van der Waals surface area contributed by atoms with E-state index in [1.807, 2.05) is 20.9 Å². The summed E-state index contributed by atoms with van der Waals surface area (Å²) in [6.45, 7) is 4.97. The first-order chi connectivity index (χ1) is 8.04. The molecule has 0 aliphatic rings. The van der Waals surface area contributed by atoms with Gasteiger partial charge in [0.2, 0.25) is 0 Å². The molecule has 0 fully saturated rings. The van der Waals surface area contributed by atoms with E-state index in [9.17, 15) is 0 Å². The molecule has 0 radical (unpaired) electrons. The Morgan fingerprint density at radius 2 is 2.12 bits per heavy atom. The van der Waals surface area contributed by atoms with Crippen LogP contribution >= 0.6 is 11.6 Å². The molecule has 0 aromatic carbocycles. The first kappa shape index (κ1) is 12.1. The average molecular weight is 254 g/mol. The van der Waals surface area contributed by atoms with Gasteiger partial charge in [0.05, 0.1) is 28.6 Å². The molecule has 0 aliphatic carbocycles. The summed E-state index contributed by atoms with van der Waals surface area (Å²) in [5.41, 5.74) is 8.50. The van der Waals surface area contributed by atoms with Crippen LogP contribution in [0.2, 0.25) is 5.02 Å². The number of imidazole rings is 1. The van der Waals surface area contributed by atoms with Crippen molar-refractivity contribution in [1.29, 1.82) is 0 Å². The van der Waals surface area contributed by atoms with Gasteiger partial charge in [-0.05, 0) is 13.8 Å². The Balaban J connectivity index is 2.40. The predicted octanol–water partition coefficient (Wildman–Crippen LogP) is 1.39. The number of nitrogens with zero attached hydrogens (tertiary/aromatic N) is 4. The van der Waals surface area contributed by atoms with Crippen LogP contribution < -0.4 is 5.73 Å². The van der Waals surface area contributed by atoms with Crippen molar-refractivity contribution in [3.05, 3.63) is 34.1 Å². The molecule has 92 valence electrons. The highest BCUT2D eigenvalue weighted by atomic mass is 35.5. The van der Waals surface area contributed by atoms with Gasteiger partial charge in [0.15, 0.2) is 0 Å². The van der Waals surface area contributed by atoms with Crippen LogP contribution in [-0.4, -0.2) is 19.3 Å². The van der Waals surface area contributed by atoms with Crippen LogP contribution in [-0.2, 0) is 20.1 Å². The minimum atomic E-state index is 0.468. The maximum Gasteiger partial charge on any atom is 0.106 e. The molecule has 5 nitrogen and oxygen atoms in total. The molecule has 0 spiro atoms. The predicted molar refractivity (Wildman–Crippen MR) is 66.9 cm³/mol. The molecule has 6 heteroatoms. The summed E-state index contributed by atoms with van der Waals surface area (Å²) in [5, 5.41) is 5.01. The second kappa shape index (κ2) is 4.50. The van der Waals surface area contributed by atoms with E-state index in [4.69, 9.17) is 17.3 Å². The zero-order chi connectivity index (χ0) is 12.6. The molecular weight excluding hydrogens is 238 g/mol. The highest BCUT2D eigenvalue weighted by molar-refractivity contribution is 6.31. The van der Waals surface area contributed by atoms with Gasteiger partial charge in [-0.15, -0.1) is 0 Å². The first-order valence-corrected chi connectivity index (χ1v) is 5.81. The quantitative estimate of drug-likeness (QED) is 0.899. The normalized spacial score (nSPS) is 11.1. The summed E-state index contributed by atoms with van der Waals surface area (Å²) in [5.74, 6) is 0.931. The fourth-order valence-corrected chi connectivity index (χ4v) is 2.12. The van der Waals surface area contributed by atoms with Gasteiger partial charge in [-0.25, -0.2) is 4.98 Å². The number of rotatable bonds is 3. The van der Waals surface area contributed by atoms with Crippen LogP contribution in [0.1, 0.15) is 22.9 Å². The van der Waals surface area contributed by atoms with Crippen molar-refractivity contribution in [3.8, 4) is 0 Å². The lowest BCUT2D eigenvalue weighted by Crippen LogP contribution is -2.12. The minimum absolute atomic E-state index is 0.468. The fraction of sp³-hybridized carbons (Fsp3) is 0.455. The number of aromatic nitrogens is 4. The van der Waals surface area contributed by atoms with E-state index in [0.29, 0.717) is 18.1 Å². The van der Waals surface area contributed by atoms with E-state index in [0.717, 1.165) is 22.9 Å². The lowest BCUT2D eigenvalue weighted by molar-refractivity contribution is 0.636. The smallest absolute Gasteiger partial charge is 0.106 e. The van der Waals surface area contributed by atoms with Crippen molar-refractivity contribution in [1.82, 2.24) is 19.3 Å². The lowest BCUT2D eigenvalue weighted by Gasteiger charge is -2.09.